The number of hydrogen-bond donors (Lipinski definition) is 0. The van der Waals surface area contributed by atoms with Crippen LogP contribution in [0, 0.1) is 0 Å². The predicted molar refractivity (Wildman–Crippen MR) is 113 cm³/mol. The van der Waals surface area contributed by atoms with Gasteiger partial charge in [0.2, 0.25) is 0 Å². The monoisotopic (exact) mass is 416 g/mol. The maximum atomic E-state index is 13.2. The Morgan fingerprint density at radius 1 is 1.18 bits per heavy atom. The first kappa shape index (κ1) is 20.0. The molecule has 0 atom stereocenters. The van der Waals surface area contributed by atoms with Crippen LogP contribution in [0.5, 0.6) is 5.75 Å². The highest BCUT2D eigenvalue weighted by atomic mass is 32.1. The molecule has 1 aromatic carbocycles. The van der Waals surface area contributed by atoms with Crippen LogP contribution < -0.4 is 9.64 Å². The van der Waals surface area contributed by atoms with E-state index < -0.39 is 5.97 Å². The van der Waals surface area contributed by atoms with Crippen molar-refractivity contribution in [2.75, 3.05) is 25.7 Å². The second kappa shape index (κ2) is 8.53. The summed E-state index contributed by atoms with van der Waals surface area (Å²) < 4.78 is 9.94. The summed E-state index contributed by atoms with van der Waals surface area (Å²) in [5.74, 6) is -0.0854. The van der Waals surface area contributed by atoms with Crippen LogP contribution in [0.4, 0.5) is 5.69 Å². The first-order valence-corrected chi connectivity index (χ1v) is 9.88. The van der Waals surface area contributed by atoms with Crippen LogP contribution in [0.3, 0.4) is 0 Å². The normalized spacial score (nSPS) is 15.5. The minimum absolute atomic E-state index is 0.133. The minimum Gasteiger partial charge on any atom is -0.497 e. The Bertz CT molecular complexity index is 934. The Morgan fingerprint density at radius 2 is 1.89 bits per heavy atom. The van der Waals surface area contributed by atoms with E-state index in [0.29, 0.717) is 17.1 Å². The van der Waals surface area contributed by atoms with Gasteiger partial charge in [0.05, 0.1) is 19.9 Å². The van der Waals surface area contributed by atoms with Crippen LogP contribution in [0.25, 0.3) is 6.08 Å². The standard InChI is InChI=1S/C20H20N2O4S2/c1-4-15-9-10-16(28-15)11-17-19(24)22(13-5-7-14(25-2)8-6-13)20(27)21(17)12-18(23)26-3/h5-11H,4,12H2,1-3H3/b17-11-. The van der Waals surface area contributed by atoms with E-state index in [2.05, 4.69) is 6.92 Å². The first-order chi connectivity index (χ1) is 13.5. The van der Waals surface area contributed by atoms with Gasteiger partial charge in [-0.2, -0.15) is 0 Å². The molecule has 6 nitrogen and oxygen atoms in total. The van der Waals surface area contributed by atoms with Crippen molar-refractivity contribution in [2.24, 2.45) is 0 Å². The number of anilines is 1. The van der Waals surface area contributed by atoms with Crippen LogP contribution in [0.2, 0.25) is 0 Å². The molecule has 0 saturated carbocycles. The van der Waals surface area contributed by atoms with Gasteiger partial charge in [-0.3, -0.25) is 14.5 Å². The van der Waals surface area contributed by atoms with Gasteiger partial charge in [-0.1, -0.05) is 6.92 Å². The highest BCUT2D eigenvalue weighted by molar-refractivity contribution is 7.80. The van der Waals surface area contributed by atoms with Crippen molar-refractivity contribution in [1.82, 2.24) is 4.90 Å². The van der Waals surface area contributed by atoms with E-state index in [1.54, 1.807) is 48.8 Å². The van der Waals surface area contributed by atoms with Crippen molar-refractivity contribution in [2.45, 2.75) is 13.3 Å². The maximum absolute atomic E-state index is 13.2. The van der Waals surface area contributed by atoms with E-state index in [0.717, 1.165) is 11.3 Å². The smallest absolute Gasteiger partial charge is 0.325 e. The summed E-state index contributed by atoms with van der Waals surface area (Å²) >= 11 is 7.13. The molecule has 3 rings (SSSR count). The van der Waals surface area contributed by atoms with Crippen LogP contribution in [-0.2, 0) is 20.7 Å². The van der Waals surface area contributed by atoms with E-state index in [9.17, 15) is 9.59 Å². The van der Waals surface area contributed by atoms with Crippen molar-refractivity contribution in [1.29, 1.82) is 0 Å². The summed E-state index contributed by atoms with van der Waals surface area (Å²) in [6.45, 7) is 1.94. The van der Waals surface area contributed by atoms with Gasteiger partial charge in [0.15, 0.2) is 5.11 Å². The Hall–Kier alpha value is -2.71. The molecule has 0 unspecified atom stereocenters. The number of thiocarbonyl (C=S) groups is 1. The second-order valence-corrected chi connectivity index (χ2v) is 7.54. The fourth-order valence-electron chi connectivity index (χ4n) is 2.78. The number of carbonyl (C=O) groups is 2. The average molecular weight is 417 g/mol. The highest BCUT2D eigenvalue weighted by Crippen LogP contribution is 2.31. The Kier molecular flexibility index (Phi) is 6.11. The molecule has 2 aromatic rings. The van der Waals surface area contributed by atoms with E-state index in [4.69, 9.17) is 21.7 Å². The zero-order valence-corrected chi connectivity index (χ0v) is 17.4. The van der Waals surface area contributed by atoms with E-state index >= 15 is 0 Å². The average Bonchev–Trinajstić information content (AvgIpc) is 3.26. The van der Waals surface area contributed by atoms with Crippen molar-refractivity contribution in [3.8, 4) is 5.75 Å². The van der Waals surface area contributed by atoms with Gasteiger partial charge in [-0.15, -0.1) is 11.3 Å². The minimum atomic E-state index is -0.474. The lowest BCUT2D eigenvalue weighted by Gasteiger charge is -2.19. The van der Waals surface area contributed by atoms with Gasteiger partial charge in [0, 0.05) is 9.75 Å². The number of carbonyl (C=O) groups excluding carboxylic acids is 2. The van der Waals surface area contributed by atoms with Gasteiger partial charge >= 0.3 is 5.97 Å². The third-order valence-corrected chi connectivity index (χ3v) is 5.87. The molecule has 1 fully saturated rings. The lowest BCUT2D eigenvalue weighted by molar-refractivity contribution is -0.140. The molecule has 8 heteroatoms. The third kappa shape index (κ3) is 3.93. The van der Waals surface area contributed by atoms with E-state index in [-0.39, 0.29) is 17.6 Å². The second-order valence-electron chi connectivity index (χ2n) is 5.97. The van der Waals surface area contributed by atoms with Crippen molar-refractivity contribution < 1.29 is 19.1 Å². The zero-order valence-electron chi connectivity index (χ0n) is 15.8. The summed E-state index contributed by atoms with van der Waals surface area (Å²) in [7, 11) is 2.88. The van der Waals surface area contributed by atoms with Gasteiger partial charge in [0.1, 0.15) is 18.0 Å². The molecule has 1 amide bonds. The summed E-state index contributed by atoms with van der Waals surface area (Å²) in [4.78, 5) is 30.1. The van der Waals surface area contributed by atoms with Crippen LogP contribution in [0.15, 0.2) is 42.1 Å². The molecule has 0 bridgehead atoms. The number of rotatable bonds is 6. The molecule has 2 heterocycles. The molecule has 1 saturated heterocycles. The maximum Gasteiger partial charge on any atom is 0.325 e. The molecule has 28 heavy (non-hydrogen) atoms. The molecule has 1 aliphatic heterocycles. The largest absolute Gasteiger partial charge is 0.497 e. The van der Waals surface area contributed by atoms with Gasteiger partial charge < -0.3 is 14.4 Å². The van der Waals surface area contributed by atoms with Crippen molar-refractivity contribution in [3.63, 3.8) is 0 Å². The highest BCUT2D eigenvalue weighted by Gasteiger charge is 2.40. The number of thiophene rings is 1. The summed E-state index contributed by atoms with van der Waals surface area (Å²) in [6, 6.07) is 11.0. The third-order valence-electron chi connectivity index (χ3n) is 4.29. The Labute approximate surface area is 173 Å². The molecule has 0 radical (unpaired) electrons. The Morgan fingerprint density at radius 3 is 2.46 bits per heavy atom. The predicted octanol–water partition coefficient (Wildman–Crippen LogP) is 3.47. The fraction of sp³-hybridized carbons (Fsp3) is 0.250. The molecule has 0 N–H and O–H groups in total. The zero-order chi connectivity index (χ0) is 20.3. The molecule has 0 spiro atoms. The molecule has 1 aromatic heterocycles. The first-order valence-electron chi connectivity index (χ1n) is 8.65. The summed E-state index contributed by atoms with van der Waals surface area (Å²) in [6.07, 6.45) is 2.69. The number of benzene rings is 1. The van der Waals surface area contributed by atoms with Gasteiger partial charge in [-0.25, -0.2) is 0 Å². The molecule has 0 aliphatic carbocycles. The number of amides is 1. The van der Waals surface area contributed by atoms with E-state index in [1.165, 1.54) is 21.8 Å². The van der Waals surface area contributed by atoms with Gasteiger partial charge in [-0.05, 0) is 61.1 Å². The van der Waals surface area contributed by atoms with Crippen LogP contribution in [0.1, 0.15) is 16.7 Å². The van der Waals surface area contributed by atoms with Crippen molar-refractivity contribution in [3.05, 3.63) is 51.8 Å². The van der Waals surface area contributed by atoms with Crippen LogP contribution >= 0.6 is 23.6 Å². The number of methoxy groups -OCH3 is 2. The quantitative estimate of drug-likeness (QED) is 0.408. The molecular formula is C20H20N2O4S2. The number of nitrogens with zero attached hydrogens (tertiary/aromatic N) is 2. The topological polar surface area (TPSA) is 59.1 Å². The number of hydrogen-bond acceptors (Lipinski definition) is 6. The number of aryl methyl sites for hydroxylation is 1. The van der Waals surface area contributed by atoms with Crippen LogP contribution in [-0.4, -0.2) is 42.7 Å². The van der Waals surface area contributed by atoms with E-state index in [1.807, 2.05) is 12.1 Å². The fourth-order valence-corrected chi connectivity index (χ4v) is 4.02. The SMILES string of the molecule is CCc1ccc(/C=C2/C(=O)N(c3ccc(OC)cc3)C(=S)N2CC(=O)OC)s1. The summed E-state index contributed by atoms with van der Waals surface area (Å²) in [5, 5.41) is 0.235. The molecule has 146 valence electrons. The lowest BCUT2D eigenvalue weighted by atomic mass is 10.2. The number of ether oxygens (including phenoxy) is 2. The summed E-state index contributed by atoms with van der Waals surface area (Å²) in [5.41, 5.74) is 0.949. The number of esters is 1. The lowest BCUT2D eigenvalue weighted by Crippen LogP contribution is -2.35. The van der Waals surface area contributed by atoms with Crippen molar-refractivity contribution >= 4 is 52.3 Å². The Balaban J connectivity index is 2.00. The van der Waals surface area contributed by atoms with Gasteiger partial charge in [0.25, 0.3) is 5.91 Å². The molecule has 1 aliphatic rings. The molecular weight excluding hydrogens is 396 g/mol.